The highest BCUT2D eigenvalue weighted by molar-refractivity contribution is 5.78. The van der Waals surface area contributed by atoms with E-state index in [2.05, 4.69) is 40.2 Å². The van der Waals surface area contributed by atoms with Crippen LogP contribution in [0.2, 0.25) is 0 Å². The number of benzene rings is 1. The molecular formula is C25H32F2N5O. The van der Waals surface area contributed by atoms with Crippen LogP contribution in [0.25, 0.3) is 11.4 Å². The third-order valence-electron chi connectivity index (χ3n) is 5.32. The fourth-order valence-electron chi connectivity index (χ4n) is 4.02. The van der Waals surface area contributed by atoms with Crippen molar-refractivity contribution in [2.75, 3.05) is 0 Å². The Hall–Kier alpha value is -3.00. The van der Waals surface area contributed by atoms with Gasteiger partial charge in [-0.3, -0.25) is 5.01 Å². The molecule has 2 heterocycles. The SMILES string of the molecule is CC.[CH2]/C(C)=C(/c1ccc(OC(F)F)cc1C)N1NC(C)C(n2nc(C)nc2C)=C1C1=CC1. The molecule has 1 aromatic carbocycles. The van der Waals surface area contributed by atoms with E-state index in [4.69, 9.17) is 0 Å². The highest BCUT2D eigenvalue weighted by Gasteiger charge is 2.37. The van der Waals surface area contributed by atoms with Crippen molar-refractivity contribution in [3.8, 4) is 5.75 Å². The molecule has 1 aliphatic carbocycles. The Labute approximate surface area is 194 Å². The lowest BCUT2D eigenvalue weighted by molar-refractivity contribution is -0.0498. The summed E-state index contributed by atoms with van der Waals surface area (Å²) >= 11 is 0. The summed E-state index contributed by atoms with van der Waals surface area (Å²) in [4.78, 5) is 4.47. The molecule has 1 aromatic heterocycles. The minimum absolute atomic E-state index is 0.0209. The van der Waals surface area contributed by atoms with Crippen molar-refractivity contribution < 1.29 is 13.5 Å². The van der Waals surface area contributed by atoms with Gasteiger partial charge in [0, 0.05) is 5.56 Å². The average Bonchev–Trinajstić information content (AvgIpc) is 3.44. The van der Waals surface area contributed by atoms with Gasteiger partial charge in [0.2, 0.25) is 0 Å². The number of allylic oxidation sites excluding steroid dienone is 3. The van der Waals surface area contributed by atoms with Crippen LogP contribution in [0.1, 0.15) is 56.9 Å². The summed E-state index contributed by atoms with van der Waals surface area (Å²) in [5.74, 6) is 1.67. The summed E-state index contributed by atoms with van der Waals surface area (Å²) in [6, 6.07) is 4.95. The van der Waals surface area contributed by atoms with Crippen LogP contribution in [0.4, 0.5) is 8.78 Å². The summed E-state index contributed by atoms with van der Waals surface area (Å²) in [5.41, 5.74) is 10.2. The first-order chi connectivity index (χ1) is 15.7. The molecule has 0 saturated heterocycles. The number of aromatic nitrogens is 3. The molecule has 1 unspecified atom stereocenters. The number of nitrogens with one attached hydrogen (secondary N) is 1. The van der Waals surface area contributed by atoms with Gasteiger partial charge in [-0.1, -0.05) is 19.9 Å². The minimum atomic E-state index is -2.86. The second-order valence-electron chi connectivity index (χ2n) is 7.96. The summed E-state index contributed by atoms with van der Waals surface area (Å²) in [6.45, 7) is 15.1. The first-order valence-electron chi connectivity index (χ1n) is 11.2. The Morgan fingerprint density at radius 2 is 1.91 bits per heavy atom. The number of aryl methyl sites for hydroxylation is 3. The van der Waals surface area contributed by atoms with E-state index in [9.17, 15) is 8.78 Å². The van der Waals surface area contributed by atoms with E-state index in [0.29, 0.717) is 5.82 Å². The molecule has 2 aromatic rings. The summed E-state index contributed by atoms with van der Waals surface area (Å²) < 4.78 is 31.7. The highest BCUT2D eigenvalue weighted by atomic mass is 19.3. The molecule has 33 heavy (non-hydrogen) atoms. The van der Waals surface area contributed by atoms with Crippen LogP contribution >= 0.6 is 0 Å². The quantitative estimate of drug-likeness (QED) is 0.595. The maximum absolute atomic E-state index is 12.6. The van der Waals surface area contributed by atoms with Gasteiger partial charge in [0.15, 0.2) is 0 Å². The zero-order valence-corrected chi connectivity index (χ0v) is 20.3. The van der Waals surface area contributed by atoms with Gasteiger partial charge in [0.05, 0.1) is 23.1 Å². The monoisotopic (exact) mass is 456 g/mol. The van der Waals surface area contributed by atoms with Gasteiger partial charge < -0.3 is 4.74 Å². The van der Waals surface area contributed by atoms with Gasteiger partial charge in [-0.15, -0.1) is 0 Å². The molecule has 8 heteroatoms. The van der Waals surface area contributed by atoms with Gasteiger partial charge in [-0.2, -0.15) is 13.9 Å². The molecule has 0 saturated carbocycles. The Balaban J connectivity index is 0.00000149. The van der Waals surface area contributed by atoms with E-state index in [1.165, 1.54) is 5.57 Å². The van der Waals surface area contributed by atoms with Gasteiger partial charge in [0.1, 0.15) is 17.4 Å². The summed E-state index contributed by atoms with van der Waals surface area (Å²) in [7, 11) is 0. The molecule has 1 radical (unpaired) electrons. The number of rotatable bonds is 6. The highest BCUT2D eigenvalue weighted by Crippen LogP contribution is 2.43. The van der Waals surface area contributed by atoms with Crippen LogP contribution < -0.4 is 10.2 Å². The zero-order valence-electron chi connectivity index (χ0n) is 20.3. The second kappa shape index (κ2) is 9.87. The Kier molecular flexibility index (Phi) is 7.37. The zero-order chi connectivity index (χ0) is 24.4. The summed E-state index contributed by atoms with van der Waals surface area (Å²) in [6.07, 6.45) is 3.07. The van der Waals surface area contributed by atoms with E-state index in [0.717, 1.165) is 46.0 Å². The lowest BCUT2D eigenvalue weighted by Crippen LogP contribution is -2.35. The van der Waals surface area contributed by atoms with E-state index in [1.807, 2.05) is 51.2 Å². The van der Waals surface area contributed by atoms with Crippen molar-refractivity contribution in [3.63, 3.8) is 0 Å². The predicted molar refractivity (Wildman–Crippen MR) is 127 cm³/mol. The van der Waals surface area contributed by atoms with Crippen molar-refractivity contribution in [2.45, 2.75) is 67.5 Å². The van der Waals surface area contributed by atoms with Gasteiger partial charge >= 0.3 is 6.61 Å². The molecule has 1 atom stereocenters. The van der Waals surface area contributed by atoms with Gasteiger partial charge in [-0.05, 0) is 82.9 Å². The fourth-order valence-corrected chi connectivity index (χ4v) is 4.02. The third kappa shape index (κ3) is 5.00. The average molecular weight is 457 g/mol. The third-order valence-corrected chi connectivity index (χ3v) is 5.32. The van der Waals surface area contributed by atoms with Crippen LogP contribution in [-0.4, -0.2) is 32.4 Å². The molecule has 4 rings (SSSR count). The minimum Gasteiger partial charge on any atom is -0.435 e. The van der Waals surface area contributed by atoms with E-state index in [-0.39, 0.29) is 11.8 Å². The molecule has 0 spiro atoms. The first kappa shape index (κ1) is 24.6. The number of alkyl halides is 2. The van der Waals surface area contributed by atoms with Crippen LogP contribution in [0.5, 0.6) is 5.75 Å². The molecule has 2 aliphatic rings. The first-order valence-corrected chi connectivity index (χ1v) is 11.2. The molecule has 1 aliphatic heterocycles. The Bertz CT molecular complexity index is 1130. The number of hydrazine groups is 1. The smallest absolute Gasteiger partial charge is 0.387 e. The van der Waals surface area contributed by atoms with E-state index >= 15 is 0 Å². The number of nitrogens with zero attached hydrogens (tertiary/aromatic N) is 4. The maximum Gasteiger partial charge on any atom is 0.387 e. The number of hydrogen-bond donors (Lipinski definition) is 1. The van der Waals surface area contributed by atoms with Crippen LogP contribution in [0.15, 0.2) is 41.1 Å². The van der Waals surface area contributed by atoms with Crippen LogP contribution in [0, 0.1) is 27.7 Å². The number of ether oxygens (including phenoxy) is 1. The lowest BCUT2D eigenvalue weighted by atomic mass is 10.0. The Morgan fingerprint density at radius 3 is 2.39 bits per heavy atom. The number of hydrogen-bond acceptors (Lipinski definition) is 5. The second-order valence-corrected chi connectivity index (χ2v) is 7.96. The standard InChI is InChI=1S/C23H26F2N5O.C2H6/c1-12(2)20(19-10-9-18(11-13(19)3)31-23(24)25)30-22(17-7-8-17)21(14(4)27-30)29-16(6)26-15(5)28-29;1-2/h7,9-11,14,23,27H,1,8H2,2-6H3;1-2H3/b20-12+;. The molecular weight excluding hydrogens is 424 g/mol. The van der Waals surface area contributed by atoms with Crippen molar-refractivity contribution in [1.29, 1.82) is 0 Å². The fraction of sp³-hybridized carbons (Fsp3) is 0.400. The molecule has 6 nitrogen and oxygen atoms in total. The molecule has 0 bridgehead atoms. The molecule has 177 valence electrons. The molecule has 0 fully saturated rings. The van der Waals surface area contributed by atoms with Crippen molar-refractivity contribution in [3.05, 3.63) is 70.8 Å². The number of halogens is 2. The van der Waals surface area contributed by atoms with Gasteiger partial charge in [-0.25, -0.2) is 15.1 Å². The molecule has 0 amide bonds. The largest absolute Gasteiger partial charge is 0.435 e. The van der Waals surface area contributed by atoms with Crippen molar-refractivity contribution in [1.82, 2.24) is 25.2 Å². The molecule has 1 N–H and O–H groups in total. The Morgan fingerprint density at radius 1 is 1.24 bits per heavy atom. The van der Waals surface area contributed by atoms with Crippen molar-refractivity contribution in [2.24, 2.45) is 0 Å². The van der Waals surface area contributed by atoms with Gasteiger partial charge in [0.25, 0.3) is 0 Å². The topological polar surface area (TPSA) is 55.2 Å². The van der Waals surface area contributed by atoms with Crippen LogP contribution in [0.3, 0.4) is 0 Å². The van der Waals surface area contributed by atoms with E-state index < -0.39 is 6.61 Å². The normalized spacial score (nSPS) is 18.2. The van der Waals surface area contributed by atoms with Crippen LogP contribution in [-0.2, 0) is 0 Å². The summed E-state index contributed by atoms with van der Waals surface area (Å²) in [5, 5.41) is 6.65. The van der Waals surface area contributed by atoms with E-state index in [1.54, 1.807) is 18.2 Å². The van der Waals surface area contributed by atoms with Crippen molar-refractivity contribution >= 4 is 11.4 Å². The maximum atomic E-state index is 12.6. The predicted octanol–water partition coefficient (Wildman–Crippen LogP) is 5.80. The lowest BCUT2D eigenvalue weighted by Gasteiger charge is -2.28.